The smallest absolute Gasteiger partial charge is 0.190 e. The van der Waals surface area contributed by atoms with Crippen molar-refractivity contribution in [3.8, 4) is 11.5 Å². The summed E-state index contributed by atoms with van der Waals surface area (Å²) in [5.41, 5.74) is 0.114. The molecule has 0 atom stereocenters. The Labute approximate surface area is 79.6 Å². The van der Waals surface area contributed by atoms with Crippen molar-refractivity contribution in [2.45, 2.75) is 0 Å². The Kier molecular flexibility index (Phi) is 1.64. The lowest BCUT2D eigenvalue weighted by molar-refractivity contribution is 0.104. The monoisotopic (exact) mass is 189 g/mol. The van der Waals surface area contributed by atoms with E-state index in [1.165, 1.54) is 24.3 Å². The van der Waals surface area contributed by atoms with Crippen LogP contribution in [0.15, 0.2) is 24.3 Å². The predicted molar refractivity (Wildman–Crippen MR) is 50.1 cm³/mol. The van der Waals surface area contributed by atoms with Crippen LogP contribution in [0.1, 0.15) is 15.9 Å². The molecule has 0 heterocycles. The largest absolute Gasteiger partial charge is 0.507 e. The Morgan fingerprint density at radius 2 is 1.57 bits per heavy atom. The number of phenolic OH excluding ortho intramolecular Hbond substituents is 2. The van der Waals surface area contributed by atoms with Gasteiger partial charge in [0.25, 0.3) is 0 Å². The van der Waals surface area contributed by atoms with Crippen LogP contribution in [0.25, 0.3) is 0 Å². The summed E-state index contributed by atoms with van der Waals surface area (Å²) in [6.45, 7) is 0. The summed E-state index contributed by atoms with van der Waals surface area (Å²) in [4.78, 5) is 11.3. The minimum Gasteiger partial charge on any atom is -0.507 e. The highest BCUT2D eigenvalue weighted by atomic mass is 16.3. The SMILES string of the molecule is N=C1C=CC(=O)c2c(O)ccc(O)c21. The predicted octanol–water partition coefficient (Wildman–Crippen LogP) is 1.22. The van der Waals surface area contributed by atoms with Crippen molar-refractivity contribution in [2.24, 2.45) is 0 Å². The van der Waals surface area contributed by atoms with Crippen molar-refractivity contribution in [2.75, 3.05) is 0 Å². The van der Waals surface area contributed by atoms with E-state index in [-0.39, 0.29) is 28.3 Å². The highest BCUT2D eigenvalue weighted by molar-refractivity contribution is 6.25. The lowest BCUT2D eigenvalue weighted by atomic mass is 9.93. The number of ketones is 1. The van der Waals surface area contributed by atoms with Crippen molar-refractivity contribution in [1.82, 2.24) is 0 Å². The van der Waals surface area contributed by atoms with Crippen LogP contribution in [0, 0.1) is 5.41 Å². The highest BCUT2D eigenvalue weighted by Crippen LogP contribution is 2.32. The molecule has 14 heavy (non-hydrogen) atoms. The van der Waals surface area contributed by atoms with Crippen molar-refractivity contribution in [3.05, 3.63) is 35.4 Å². The van der Waals surface area contributed by atoms with E-state index in [2.05, 4.69) is 0 Å². The summed E-state index contributed by atoms with van der Waals surface area (Å²) < 4.78 is 0. The molecule has 0 spiro atoms. The van der Waals surface area contributed by atoms with Crippen LogP contribution in [0.2, 0.25) is 0 Å². The standard InChI is InChI=1S/C10H7NO3/c11-5-1-2-7(13)10-8(14)4-3-6(12)9(5)10/h1-4,11-12,14H. The molecule has 0 saturated carbocycles. The number of hydrogen-bond acceptors (Lipinski definition) is 4. The van der Waals surface area contributed by atoms with Gasteiger partial charge < -0.3 is 15.6 Å². The quantitative estimate of drug-likeness (QED) is 0.536. The number of hydrogen-bond donors (Lipinski definition) is 3. The number of benzene rings is 1. The molecule has 0 aliphatic heterocycles. The molecule has 1 aliphatic rings. The molecule has 4 heteroatoms. The van der Waals surface area contributed by atoms with E-state index in [1.54, 1.807) is 0 Å². The van der Waals surface area contributed by atoms with Crippen LogP contribution in [0.3, 0.4) is 0 Å². The number of phenols is 2. The zero-order valence-electron chi connectivity index (χ0n) is 7.11. The lowest BCUT2D eigenvalue weighted by Crippen LogP contribution is -2.11. The van der Waals surface area contributed by atoms with Gasteiger partial charge in [-0.05, 0) is 24.3 Å². The van der Waals surface area contributed by atoms with Gasteiger partial charge in [-0.2, -0.15) is 0 Å². The summed E-state index contributed by atoms with van der Waals surface area (Å²) in [7, 11) is 0. The molecule has 0 saturated heterocycles. The molecule has 70 valence electrons. The fraction of sp³-hybridized carbons (Fsp3) is 0. The Balaban J connectivity index is 2.83. The average molecular weight is 189 g/mol. The van der Waals surface area contributed by atoms with Gasteiger partial charge in [0, 0.05) is 0 Å². The first-order valence-electron chi connectivity index (χ1n) is 3.97. The third-order valence-electron chi connectivity index (χ3n) is 2.08. The van der Waals surface area contributed by atoms with E-state index in [0.29, 0.717) is 0 Å². The Hall–Kier alpha value is -2.10. The molecule has 4 nitrogen and oxygen atoms in total. The molecule has 1 aromatic rings. The number of fused-ring (bicyclic) bond motifs is 1. The maximum atomic E-state index is 11.3. The minimum absolute atomic E-state index is 0.00231. The Morgan fingerprint density at radius 1 is 1.00 bits per heavy atom. The summed E-state index contributed by atoms with van der Waals surface area (Å²) in [5.74, 6) is -0.776. The van der Waals surface area contributed by atoms with Crippen LogP contribution in [0.4, 0.5) is 0 Å². The summed E-state index contributed by atoms with van der Waals surface area (Å²) in [6, 6.07) is 2.49. The van der Waals surface area contributed by atoms with Gasteiger partial charge in [0.1, 0.15) is 11.5 Å². The van der Waals surface area contributed by atoms with E-state index in [9.17, 15) is 15.0 Å². The maximum absolute atomic E-state index is 11.3. The molecule has 0 fully saturated rings. The van der Waals surface area contributed by atoms with Crippen molar-refractivity contribution in [3.63, 3.8) is 0 Å². The molecule has 0 bridgehead atoms. The first kappa shape index (κ1) is 8.50. The fourth-order valence-electron chi connectivity index (χ4n) is 1.43. The summed E-state index contributed by atoms with van der Waals surface area (Å²) in [6.07, 6.45) is 2.49. The van der Waals surface area contributed by atoms with Gasteiger partial charge >= 0.3 is 0 Å². The number of nitrogens with one attached hydrogen (secondary N) is 1. The zero-order valence-corrected chi connectivity index (χ0v) is 7.11. The molecule has 0 aromatic heterocycles. The van der Waals surface area contributed by atoms with Crippen molar-refractivity contribution < 1.29 is 15.0 Å². The first-order chi connectivity index (χ1) is 6.61. The number of carbonyl (C=O) groups excluding carboxylic acids is 1. The third kappa shape index (κ3) is 1.01. The van der Waals surface area contributed by atoms with Crippen molar-refractivity contribution >= 4 is 11.5 Å². The van der Waals surface area contributed by atoms with E-state index in [0.717, 1.165) is 0 Å². The summed E-state index contributed by atoms with van der Waals surface area (Å²) in [5, 5.41) is 26.3. The average Bonchev–Trinajstić information content (AvgIpc) is 2.16. The molecule has 1 aliphatic carbocycles. The topological polar surface area (TPSA) is 81.4 Å². The Bertz CT molecular complexity index is 432. The number of rotatable bonds is 0. The molecular formula is C10H7NO3. The van der Waals surface area contributed by atoms with Gasteiger partial charge in [0.05, 0.1) is 16.8 Å². The van der Waals surface area contributed by atoms with Crippen LogP contribution in [0.5, 0.6) is 11.5 Å². The second-order valence-corrected chi connectivity index (χ2v) is 2.97. The van der Waals surface area contributed by atoms with E-state index >= 15 is 0 Å². The van der Waals surface area contributed by atoms with E-state index < -0.39 is 5.78 Å². The van der Waals surface area contributed by atoms with Gasteiger partial charge in [-0.15, -0.1) is 0 Å². The van der Waals surface area contributed by atoms with Gasteiger partial charge in [0.2, 0.25) is 0 Å². The molecule has 0 unspecified atom stereocenters. The second-order valence-electron chi connectivity index (χ2n) is 2.97. The molecule has 0 amide bonds. The minimum atomic E-state index is -0.399. The number of allylic oxidation sites excluding steroid dienone is 2. The molecule has 3 N–H and O–H groups in total. The third-order valence-corrected chi connectivity index (χ3v) is 2.08. The van der Waals surface area contributed by atoms with Gasteiger partial charge in [0.15, 0.2) is 5.78 Å². The van der Waals surface area contributed by atoms with E-state index in [4.69, 9.17) is 5.41 Å². The lowest BCUT2D eigenvalue weighted by Gasteiger charge is -2.13. The molecule has 0 radical (unpaired) electrons. The second kappa shape index (κ2) is 2.70. The maximum Gasteiger partial charge on any atom is 0.190 e. The van der Waals surface area contributed by atoms with Crippen LogP contribution >= 0.6 is 0 Å². The molecule has 1 aromatic carbocycles. The zero-order chi connectivity index (χ0) is 10.3. The fourth-order valence-corrected chi connectivity index (χ4v) is 1.43. The van der Waals surface area contributed by atoms with Gasteiger partial charge in [-0.25, -0.2) is 0 Å². The Morgan fingerprint density at radius 3 is 2.14 bits per heavy atom. The normalized spacial score (nSPS) is 14.3. The molecule has 2 rings (SSSR count). The molecular weight excluding hydrogens is 182 g/mol. The van der Waals surface area contributed by atoms with Gasteiger partial charge in [-0.1, -0.05) is 0 Å². The van der Waals surface area contributed by atoms with Crippen molar-refractivity contribution in [1.29, 1.82) is 5.41 Å². The van der Waals surface area contributed by atoms with Crippen LogP contribution in [-0.4, -0.2) is 21.7 Å². The highest BCUT2D eigenvalue weighted by Gasteiger charge is 2.23. The first-order valence-corrected chi connectivity index (χ1v) is 3.97. The summed E-state index contributed by atoms with van der Waals surface area (Å²) >= 11 is 0. The van der Waals surface area contributed by atoms with E-state index in [1.807, 2.05) is 0 Å². The van der Waals surface area contributed by atoms with Crippen LogP contribution < -0.4 is 0 Å². The van der Waals surface area contributed by atoms with Crippen LogP contribution in [-0.2, 0) is 0 Å². The number of carbonyl (C=O) groups is 1. The van der Waals surface area contributed by atoms with Gasteiger partial charge in [-0.3, -0.25) is 4.79 Å². The number of aromatic hydroxyl groups is 2.